The summed E-state index contributed by atoms with van der Waals surface area (Å²) in [6.07, 6.45) is 11.6. The summed E-state index contributed by atoms with van der Waals surface area (Å²) in [4.78, 5) is 15.2. The fraction of sp³-hybridized carbons (Fsp3) is 0.385. The van der Waals surface area contributed by atoms with Crippen LogP contribution in [0.5, 0.6) is 0 Å². The topological polar surface area (TPSA) is 51.3 Å². The van der Waals surface area contributed by atoms with Gasteiger partial charge in [-0.25, -0.2) is 0 Å². The van der Waals surface area contributed by atoms with Gasteiger partial charge in [-0.05, 0) is 67.3 Å². The molecule has 5 nitrogen and oxygen atoms in total. The van der Waals surface area contributed by atoms with E-state index in [1.807, 2.05) is 41.1 Å². The molecule has 1 saturated heterocycles. The monoisotopic (exact) mass is 415 g/mol. The number of piperidine rings is 1. The van der Waals surface area contributed by atoms with Crippen molar-refractivity contribution in [3.63, 3.8) is 0 Å². The van der Waals surface area contributed by atoms with E-state index in [9.17, 15) is 4.79 Å². The maximum atomic E-state index is 12.8. The van der Waals surface area contributed by atoms with Crippen LogP contribution in [-0.2, 0) is 13.1 Å². The van der Waals surface area contributed by atoms with E-state index >= 15 is 0 Å². The van der Waals surface area contributed by atoms with Crippen LogP contribution >= 0.6 is 0 Å². The molecule has 0 N–H and O–H groups in total. The zero-order valence-corrected chi connectivity index (χ0v) is 18.0. The number of fused-ring (bicyclic) bond motifs is 1. The molecule has 1 unspecified atom stereocenters. The Labute approximate surface area is 182 Å². The van der Waals surface area contributed by atoms with Crippen LogP contribution in [0.2, 0.25) is 0 Å². The van der Waals surface area contributed by atoms with E-state index in [0.29, 0.717) is 11.8 Å². The Morgan fingerprint density at radius 2 is 2.00 bits per heavy atom. The van der Waals surface area contributed by atoms with Crippen molar-refractivity contribution >= 4 is 16.3 Å². The minimum absolute atomic E-state index is 0.121. The Morgan fingerprint density at radius 3 is 2.84 bits per heavy atom. The molecule has 160 valence electrons. The van der Waals surface area contributed by atoms with Gasteiger partial charge in [-0.3, -0.25) is 9.69 Å². The molecule has 1 aliphatic heterocycles. The standard InChI is InChI=1S/C26H29N3O2/c1-19-6-2-4-8-23(19)25-16-22(31-27-25)18-28-13-10-20(11-14-28)17-29-15-12-21-7-3-5-9-24(21)26(29)30/h2-5,7-9,12,15-16,19-20H,6,10-11,13-14,17-18H2,1H3. The highest BCUT2D eigenvalue weighted by atomic mass is 16.5. The molecule has 3 heterocycles. The maximum absolute atomic E-state index is 12.8. The lowest BCUT2D eigenvalue weighted by Gasteiger charge is -2.31. The Balaban J connectivity index is 1.18. The molecule has 0 bridgehead atoms. The van der Waals surface area contributed by atoms with Crippen LogP contribution in [0.3, 0.4) is 0 Å². The average Bonchev–Trinajstić information content (AvgIpc) is 3.26. The molecule has 2 aromatic heterocycles. The van der Waals surface area contributed by atoms with Crippen LogP contribution < -0.4 is 5.56 Å². The molecule has 5 rings (SSSR count). The third-order valence-corrected chi connectivity index (χ3v) is 6.71. The predicted molar refractivity (Wildman–Crippen MR) is 124 cm³/mol. The van der Waals surface area contributed by atoms with Crippen molar-refractivity contribution in [3.8, 4) is 0 Å². The molecule has 1 aromatic carbocycles. The lowest BCUT2D eigenvalue weighted by Crippen LogP contribution is -2.35. The van der Waals surface area contributed by atoms with Crippen LogP contribution in [-0.4, -0.2) is 27.7 Å². The van der Waals surface area contributed by atoms with Gasteiger partial charge in [0, 0.05) is 24.2 Å². The smallest absolute Gasteiger partial charge is 0.258 e. The van der Waals surface area contributed by atoms with Crippen molar-refractivity contribution in [2.24, 2.45) is 11.8 Å². The summed E-state index contributed by atoms with van der Waals surface area (Å²) in [5, 5.41) is 6.14. The Bertz CT molecular complexity index is 1180. The third-order valence-electron chi connectivity index (χ3n) is 6.71. The molecule has 0 amide bonds. The predicted octanol–water partition coefficient (Wildman–Crippen LogP) is 4.88. The summed E-state index contributed by atoms with van der Waals surface area (Å²) < 4.78 is 7.53. The van der Waals surface area contributed by atoms with E-state index < -0.39 is 0 Å². The van der Waals surface area contributed by atoms with Crippen molar-refractivity contribution in [2.75, 3.05) is 13.1 Å². The number of pyridine rings is 1. The van der Waals surface area contributed by atoms with Crippen LogP contribution in [0.25, 0.3) is 16.3 Å². The molecule has 1 atom stereocenters. The first-order valence-electron chi connectivity index (χ1n) is 11.3. The first-order valence-corrected chi connectivity index (χ1v) is 11.3. The zero-order valence-electron chi connectivity index (χ0n) is 18.0. The van der Waals surface area contributed by atoms with Crippen LogP contribution in [0.4, 0.5) is 0 Å². The van der Waals surface area contributed by atoms with E-state index in [2.05, 4.69) is 41.3 Å². The molecular weight excluding hydrogens is 386 g/mol. The summed E-state index contributed by atoms with van der Waals surface area (Å²) in [7, 11) is 0. The highest BCUT2D eigenvalue weighted by molar-refractivity contribution is 5.81. The van der Waals surface area contributed by atoms with E-state index in [1.54, 1.807) is 0 Å². The lowest BCUT2D eigenvalue weighted by molar-refractivity contribution is 0.153. The number of likely N-dealkylation sites (tertiary alicyclic amines) is 1. The first-order chi connectivity index (χ1) is 15.2. The molecule has 3 aromatic rings. The molecule has 5 heteroatoms. The van der Waals surface area contributed by atoms with E-state index in [-0.39, 0.29) is 5.56 Å². The maximum Gasteiger partial charge on any atom is 0.258 e. The van der Waals surface area contributed by atoms with Crippen LogP contribution in [0.1, 0.15) is 37.6 Å². The molecule has 0 radical (unpaired) electrons. The van der Waals surface area contributed by atoms with Gasteiger partial charge in [0.25, 0.3) is 5.56 Å². The van der Waals surface area contributed by atoms with Crippen molar-refractivity contribution in [2.45, 2.75) is 39.3 Å². The minimum atomic E-state index is 0.121. The van der Waals surface area contributed by atoms with Gasteiger partial charge >= 0.3 is 0 Å². The van der Waals surface area contributed by atoms with Crippen molar-refractivity contribution in [3.05, 3.63) is 82.6 Å². The number of allylic oxidation sites excluding steroid dienone is 4. The highest BCUT2D eigenvalue weighted by Gasteiger charge is 2.22. The molecule has 0 spiro atoms. The molecule has 1 fully saturated rings. The van der Waals surface area contributed by atoms with E-state index in [1.165, 1.54) is 5.57 Å². The lowest BCUT2D eigenvalue weighted by atomic mass is 9.91. The van der Waals surface area contributed by atoms with Crippen molar-refractivity contribution in [1.82, 2.24) is 14.6 Å². The highest BCUT2D eigenvalue weighted by Crippen LogP contribution is 2.29. The molecule has 1 aliphatic carbocycles. The number of rotatable bonds is 5. The number of hydrogen-bond donors (Lipinski definition) is 0. The first kappa shape index (κ1) is 20.0. The van der Waals surface area contributed by atoms with Gasteiger partial charge in [0.1, 0.15) is 5.69 Å². The van der Waals surface area contributed by atoms with Gasteiger partial charge in [0.05, 0.1) is 6.54 Å². The molecule has 31 heavy (non-hydrogen) atoms. The fourth-order valence-electron chi connectivity index (χ4n) is 4.81. The van der Waals surface area contributed by atoms with Gasteiger partial charge in [-0.2, -0.15) is 0 Å². The summed E-state index contributed by atoms with van der Waals surface area (Å²) in [5.41, 5.74) is 2.35. The zero-order chi connectivity index (χ0) is 21.2. The Hall–Kier alpha value is -2.92. The number of hydrogen-bond acceptors (Lipinski definition) is 4. The summed E-state index contributed by atoms with van der Waals surface area (Å²) in [5.74, 6) is 1.94. The normalized spacial score (nSPS) is 20.3. The van der Waals surface area contributed by atoms with Crippen molar-refractivity contribution < 1.29 is 4.52 Å². The number of aromatic nitrogens is 2. The third kappa shape index (κ3) is 4.28. The molecule has 2 aliphatic rings. The SMILES string of the molecule is CC1CC=CC=C1c1cc(CN2CCC(Cn3ccc4ccccc4c3=O)CC2)on1. The number of benzene rings is 1. The quantitative estimate of drug-likeness (QED) is 0.596. The average molecular weight is 416 g/mol. The largest absolute Gasteiger partial charge is 0.359 e. The second-order valence-electron chi connectivity index (χ2n) is 8.95. The van der Waals surface area contributed by atoms with Crippen LogP contribution in [0, 0.1) is 11.8 Å². The second-order valence-corrected chi connectivity index (χ2v) is 8.95. The van der Waals surface area contributed by atoms with Gasteiger partial charge in [0.2, 0.25) is 0 Å². The molecular formula is C26H29N3O2. The Morgan fingerprint density at radius 1 is 1.16 bits per heavy atom. The number of nitrogens with zero attached hydrogens (tertiary/aromatic N) is 3. The minimum Gasteiger partial charge on any atom is -0.359 e. The van der Waals surface area contributed by atoms with Gasteiger partial charge < -0.3 is 9.09 Å². The fourth-order valence-corrected chi connectivity index (χ4v) is 4.81. The van der Waals surface area contributed by atoms with Gasteiger partial charge in [-0.15, -0.1) is 0 Å². The Kier molecular flexibility index (Phi) is 5.60. The second kappa shape index (κ2) is 8.67. The van der Waals surface area contributed by atoms with Gasteiger partial charge in [-0.1, -0.05) is 48.5 Å². The van der Waals surface area contributed by atoms with Crippen LogP contribution in [0.15, 0.2) is 70.1 Å². The summed E-state index contributed by atoms with van der Waals surface area (Å²) in [6.45, 7) is 5.86. The van der Waals surface area contributed by atoms with E-state index in [4.69, 9.17) is 4.52 Å². The molecule has 0 saturated carbocycles. The van der Waals surface area contributed by atoms with E-state index in [0.717, 1.165) is 67.7 Å². The summed E-state index contributed by atoms with van der Waals surface area (Å²) in [6, 6.07) is 12.0. The van der Waals surface area contributed by atoms with Crippen molar-refractivity contribution in [1.29, 1.82) is 0 Å². The van der Waals surface area contributed by atoms with Gasteiger partial charge in [0.15, 0.2) is 5.76 Å². The summed E-state index contributed by atoms with van der Waals surface area (Å²) >= 11 is 0.